The summed E-state index contributed by atoms with van der Waals surface area (Å²) in [6.45, 7) is 10.2. The van der Waals surface area contributed by atoms with Crippen molar-refractivity contribution in [3.63, 3.8) is 0 Å². The van der Waals surface area contributed by atoms with Gasteiger partial charge in [0.15, 0.2) is 5.65 Å². The SMILES string of the molecule is C=CCN1CCN(C(=O)c2ccc(Oc3cc(O[C@@H](C)COC)cc(-c4nc5cccnc5[nH]4)c3)cc2)CC1. The number of benzene rings is 2. The predicted molar refractivity (Wildman–Crippen MR) is 150 cm³/mol. The highest BCUT2D eigenvalue weighted by molar-refractivity contribution is 5.94. The molecule has 9 heteroatoms. The van der Waals surface area contributed by atoms with Crippen LogP contribution in [0.15, 0.2) is 73.4 Å². The van der Waals surface area contributed by atoms with Crippen LogP contribution in [0.3, 0.4) is 0 Å². The number of amides is 1. The van der Waals surface area contributed by atoms with Crippen LogP contribution in [0.5, 0.6) is 17.2 Å². The molecule has 39 heavy (non-hydrogen) atoms. The van der Waals surface area contributed by atoms with Gasteiger partial charge in [0.05, 0.1) is 6.61 Å². The van der Waals surface area contributed by atoms with Crippen molar-refractivity contribution in [2.45, 2.75) is 13.0 Å². The molecule has 0 aliphatic carbocycles. The summed E-state index contributed by atoms with van der Waals surface area (Å²) in [6.07, 6.45) is 3.47. The summed E-state index contributed by atoms with van der Waals surface area (Å²) in [6, 6.07) is 16.6. The number of nitrogens with zero attached hydrogens (tertiary/aromatic N) is 4. The number of hydrogen-bond acceptors (Lipinski definition) is 7. The minimum Gasteiger partial charge on any atom is -0.488 e. The molecule has 2 aromatic heterocycles. The van der Waals surface area contributed by atoms with Crippen molar-refractivity contribution >= 4 is 17.1 Å². The quantitative estimate of drug-likeness (QED) is 0.297. The molecule has 1 N–H and O–H groups in total. The lowest BCUT2D eigenvalue weighted by molar-refractivity contribution is 0.0650. The first-order valence-corrected chi connectivity index (χ1v) is 13.0. The van der Waals surface area contributed by atoms with Gasteiger partial charge in [-0.3, -0.25) is 9.69 Å². The van der Waals surface area contributed by atoms with Gasteiger partial charge in [-0.2, -0.15) is 0 Å². The maximum Gasteiger partial charge on any atom is 0.253 e. The van der Waals surface area contributed by atoms with Crippen LogP contribution in [0, 0.1) is 0 Å². The second-order valence-corrected chi connectivity index (χ2v) is 9.54. The van der Waals surface area contributed by atoms with E-state index in [0.717, 1.165) is 30.7 Å². The molecule has 1 amide bonds. The number of imidazole rings is 1. The molecule has 1 atom stereocenters. The summed E-state index contributed by atoms with van der Waals surface area (Å²) in [5.41, 5.74) is 2.92. The number of rotatable bonds is 10. The molecule has 1 aliphatic heterocycles. The fraction of sp³-hybridized carbons (Fsp3) is 0.300. The zero-order valence-electron chi connectivity index (χ0n) is 22.3. The van der Waals surface area contributed by atoms with E-state index in [1.165, 1.54) is 0 Å². The summed E-state index contributed by atoms with van der Waals surface area (Å²) < 4.78 is 17.5. The molecular formula is C30H33N5O4. The lowest BCUT2D eigenvalue weighted by atomic mass is 10.1. The van der Waals surface area contributed by atoms with E-state index in [2.05, 4.69) is 26.4 Å². The van der Waals surface area contributed by atoms with Crippen LogP contribution in [0.2, 0.25) is 0 Å². The van der Waals surface area contributed by atoms with E-state index in [1.54, 1.807) is 25.4 Å². The minimum absolute atomic E-state index is 0.0307. The predicted octanol–water partition coefficient (Wildman–Crippen LogP) is 4.77. The average Bonchev–Trinajstić information content (AvgIpc) is 3.38. The Morgan fingerprint density at radius 2 is 1.85 bits per heavy atom. The number of piperazine rings is 1. The Kier molecular flexibility index (Phi) is 8.19. The van der Waals surface area contributed by atoms with Gasteiger partial charge in [0.25, 0.3) is 5.91 Å². The Balaban J connectivity index is 1.34. The lowest BCUT2D eigenvalue weighted by Gasteiger charge is -2.34. The standard InChI is InChI=1S/C30H33N5O4/c1-4-12-34-13-15-35(16-14-34)30(36)22-7-9-24(10-8-22)39-26-18-23(17-25(19-26)38-21(2)20-37-3)28-32-27-6-5-11-31-29(27)33-28/h4-11,17-19,21H,1,12-16,20H2,2-3H3,(H,31,32,33)/t21-/m0/s1. The average molecular weight is 528 g/mol. The van der Waals surface area contributed by atoms with Gasteiger partial charge in [0.1, 0.15) is 34.7 Å². The maximum atomic E-state index is 13.0. The molecule has 9 nitrogen and oxygen atoms in total. The van der Waals surface area contributed by atoms with E-state index in [0.29, 0.717) is 54.0 Å². The van der Waals surface area contributed by atoms with Gasteiger partial charge in [0.2, 0.25) is 0 Å². The third-order valence-electron chi connectivity index (χ3n) is 6.53. The number of fused-ring (bicyclic) bond motifs is 1. The number of carbonyl (C=O) groups is 1. The minimum atomic E-state index is -0.153. The van der Waals surface area contributed by atoms with Gasteiger partial charge >= 0.3 is 0 Å². The molecule has 202 valence electrons. The zero-order valence-corrected chi connectivity index (χ0v) is 22.3. The number of nitrogens with one attached hydrogen (secondary N) is 1. The van der Waals surface area contributed by atoms with Crippen LogP contribution in [-0.4, -0.2) is 83.2 Å². The van der Waals surface area contributed by atoms with Crippen molar-refractivity contribution in [3.8, 4) is 28.6 Å². The van der Waals surface area contributed by atoms with Crippen molar-refractivity contribution in [3.05, 3.63) is 79.0 Å². The molecule has 4 aromatic rings. The first-order chi connectivity index (χ1) is 19.0. The van der Waals surface area contributed by atoms with Crippen molar-refractivity contribution in [1.29, 1.82) is 0 Å². The number of aromatic nitrogens is 3. The summed E-state index contributed by atoms with van der Waals surface area (Å²) in [4.78, 5) is 29.5. The topological polar surface area (TPSA) is 92.8 Å². The largest absolute Gasteiger partial charge is 0.488 e. The fourth-order valence-electron chi connectivity index (χ4n) is 4.62. The molecule has 0 saturated carbocycles. The van der Waals surface area contributed by atoms with Gasteiger partial charge in [-0.15, -0.1) is 6.58 Å². The Hall–Kier alpha value is -4.21. The number of ether oxygens (including phenoxy) is 3. The number of methoxy groups -OCH3 is 1. The molecule has 0 spiro atoms. The molecule has 0 bridgehead atoms. The first kappa shape index (κ1) is 26.4. The number of pyridine rings is 1. The Morgan fingerprint density at radius 1 is 1.08 bits per heavy atom. The highest BCUT2D eigenvalue weighted by Gasteiger charge is 2.21. The van der Waals surface area contributed by atoms with Gasteiger partial charge in [-0.1, -0.05) is 6.08 Å². The van der Waals surface area contributed by atoms with Crippen molar-refractivity contribution < 1.29 is 19.0 Å². The van der Waals surface area contributed by atoms with E-state index < -0.39 is 0 Å². The summed E-state index contributed by atoms with van der Waals surface area (Å²) in [5.74, 6) is 2.51. The highest BCUT2D eigenvalue weighted by atomic mass is 16.5. The summed E-state index contributed by atoms with van der Waals surface area (Å²) in [7, 11) is 1.64. The molecular weight excluding hydrogens is 494 g/mol. The van der Waals surface area contributed by atoms with E-state index in [9.17, 15) is 4.79 Å². The molecule has 2 aromatic carbocycles. The zero-order chi connectivity index (χ0) is 27.2. The number of aromatic amines is 1. The van der Waals surface area contributed by atoms with Crippen LogP contribution in [0.25, 0.3) is 22.6 Å². The second kappa shape index (κ2) is 12.1. The first-order valence-electron chi connectivity index (χ1n) is 13.0. The molecule has 0 radical (unpaired) electrons. The monoisotopic (exact) mass is 527 g/mol. The van der Waals surface area contributed by atoms with Crippen molar-refractivity contribution in [1.82, 2.24) is 24.8 Å². The molecule has 0 unspecified atom stereocenters. The number of H-pyrrole nitrogens is 1. The van der Waals surface area contributed by atoms with Crippen LogP contribution in [0.4, 0.5) is 0 Å². The van der Waals surface area contributed by atoms with Crippen molar-refractivity contribution in [2.75, 3.05) is 46.4 Å². The second-order valence-electron chi connectivity index (χ2n) is 9.54. The molecule has 3 heterocycles. The van der Waals surface area contributed by atoms with E-state index in [4.69, 9.17) is 14.2 Å². The maximum absolute atomic E-state index is 13.0. The lowest BCUT2D eigenvalue weighted by Crippen LogP contribution is -2.48. The number of hydrogen-bond donors (Lipinski definition) is 1. The van der Waals surface area contributed by atoms with E-state index >= 15 is 0 Å². The van der Waals surface area contributed by atoms with Crippen molar-refractivity contribution in [2.24, 2.45) is 0 Å². The van der Waals surface area contributed by atoms with Gasteiger partial charge in [-0.25, -0.2) is 9.97 Å². The van der Waals surface area contributed by atoms with Gasteiger partial charge in [-0.05, 0) is 55.5 Å². The fourth-order valence-corrected chi connectivity index (χ4v) is 4.62. The Labute approximate surface area is 228 Å². The summed E-state index contributed by atoms with van der Waals surface area (Å²) in [5, 5.41) is 0. The Bertz CT molecular complexity index is 1390. The van der Waals surface area contributed by atoms with Crippen LogP contribution >= 0.6 is 0 Å². The third kappa shape index (κ3) is 6.45. The molecule has 5 rings (SSSR count). The van der Waals surface area contributed by atoms with Crippen LogP contribution in [-0.2, 0) is 4.74 Å². The van der Waals surface area contributed by atoms with Gasteiger partial charge < -0.3 is 24.1 Å². The third-order valence-corrected chi connectivity index (χ3v) is 6.53. The number of carbonyl (C=O) groups excluding carboxylic acids is 1. The molecule has 1 aliphatic rings. The smallest absolute Gasteiger partial charge is 0.253 e. The normalized spacial score (nSPS) is 14.8. The Morgan fingerprint density at radius 3 is 2.56 bits per heavy atom. The van der Waals surface area contributed by atoms with Crippen LogP contribution in [0.1, 0.15) is 17.3 Å². The van der Waals surface area contributed by atoms with E-state index in [-0.39, 0.29) is 12.0 Å². The molecule has 1 fully saturated rings. The van der Waals surface area contributed by atoms with Gasteiger partial charge in [0, 0.05) is 63.2 Å². The molecule has 1 saturated heterocycles. The van der Waals surface area contributed by atoms with Crippen LogP contribution < -0.4 is 9.47 Å². The summed E-state index contributed by atoms with van der Waals surface area (Å²) >= 11 is 0. The van der Waals surface area contributed by atoms with E-state index in [1.807, 2.05) is 60.4 Å². The highest BCUT2D eigenvalue weighted by Crippen LogP contribution is 2.33.